The first-order valence-electron chi connectivity index (χ1n) is 6.96. The summed E-state index contributed by atoms with van der Waals surface area (Å²) in [6, 6.07) is 10.8. The third-order valence-corrected chi connectivity index (χ3v) is 4.17. The Kier molecular flexibility index (Phi) is 5.55. The average molecular weight is 274 g/mol. The lowest BCUT2D eigenvalue weighted by atomic mass is 9.96. The van der Waals surface area contributed by atoms with E-state index in [1.54, 1.807) is 11.3 Å². The highest BCUT2D eigenvalue weighted by Gasteiger charge is 2.13. The Morgan fingerprint density at radius 2 is 2.05 bits per heavy atom. The van der Waals surface area contributed by atoms with Crippen molar-refractivity contribution in [2.45, 2.75) is 32.6 Å². The maximum atomic E-state index is 4.59. The Bertz CT molecular complexity index is 479. The number of benzene rings is 1. The molecule has 0 radical (unpaired) electrons. The molecule has 0 aliphatic heterocycles. The van der Waals surface area contributed by atoms with Crippen LogP contribution < -0.4 is 5.32 Å². The van der Waals surface area contributed by atoms with E-state index in [9.17, 15) is 0 Å². The van der Waals surface area contributed by atoms with Crippen molar-refractivity contribution in [2.75, 3.05) is 13.1 Å². The molecule has 19 heavy (non-hydrogen) atoms. The van der Waals surface area contributed by atoms with Crippen LogP contribution in [0.1, 0.15) is 35.5 Å². The quantitative estimate of drug-likeness (QED) is 0.777. The van der Waals surface area contributed by atoms with Crippen LogP contribution in [0.2, 0.25) is 0 Å². The fourth-order valence-electron chi connectivity index (χ4n) is 2.19. The first kappa shape index (κ1) is 14.2. The summed E-state index contributed by atoms with van der Waals surface area (Å²) in [6.07, 6.45) is 2.21. The van der Waals surface area contributed by atoms with Gasteiger partial charge in [0.1, 0.15) is 0 Å². The molecule has 1 aromatic carbocycles. The van der Waals surface area contributed by atoms with E-state index in [2.05, 4.69) is 59.9 Å². The molecule has 0 amide bonds. The van der Waals surface area contributed by atoms with Gasteiger partial charge >= 0.3 is 0 Å². The number of hydrogen-bond donors (Lipinski definition) is 1. The second kappa shape index (κ2) is 7.41. The second-order valence-corrected chi connectivity index (χ2v) is 5.84. The van der Waals surface area contributed by atoms with Crippen molar-refractivity contribution < 1.29 is 0 Å². The molecule has 0 bridgehead atoms. The van der Waals surface area contributed by atoms with E-state index < -0.39 is 0 Å². The summed E-state index contributed by atoms with van der Waals surface area (Å²) in [4.78, 5) is 4.59. The van der Waals surface area contributed by atoms with E-state index in [0.29, 0.717) is 5.92 Å². The molecule has 1 N–H and O–H groups in total. The minimum Gasteiger partial charge on any atom is -0.316 e. The van der Waals surface area contributed by atoms with Gasteiger partial charge in [-0.3, -0.25) is 0 Å². The van der Waals surface area contributed by atoms with Gasteiger partial charge in [0.15, 0.2) is 0 Å². The fourth-order valence-corrected chi connectivity index (χ4v) is 3.05. The summed E-state index contributed by atoms with van der Waals surface area (Å²) >= 11 is 1.77. The maximum Gasteiger partial charge on any atom is 0.0934 e. The van der Waals surface area contributed by atoms with Crippen LogP contribution in [0.15, 0.2) is 35.7 Å². The predicted octanol–water partition coefficient (Wildman–Crippen LogP) is 3.78. The topological polar surface area (TPSA) is 24.9 Å². The maximum absolute atomic E-state index is 4.59. The van der Waals surface area contributed by atoms with Gasteiger partial charge in [0, 0.05) is 30.0 Å². The molecule has 2 nitrogen and oxygen atoms in total. The molecular formula is C16H22N2S. The zero-order valence-electron chi connectivity index (χ0n) is 11.7. The smallest absolute Gasteiger partial charge is 0.0934 e. The highest BCUT2D eigenvalue weighted by atomic mass is 32.1. The van der Waals surface area contributed by atoms with Crippen LogP contribution in [0.4, 0.5) is 0 Å². The Morgan fingerprint density at radius 1 is 1.26 bits per heavy atom. The molecule has 3 heteroatoms. The molecule has 102 valence electrons. The van der Waals surface area contributed by atoms with Crippen molar-refractivity contribution in [3.05, 3.63) is 52.0 Å². The largest absolute Gasteiger partial charge is 0.316 e. The minimum atomic E-state index is 0.512. The SMILES string of the molecule is CCCNCC(Cc1nc(C)cs1)c1ccccc1. The first-order chi connectivity index (χ1) is 9.29. The molecule has 0 saturated heterocycles. The molecule has 0 saturated carbocycles. The van der Waals surface area contributed by atoms with Gasteiger partial charge in [0.25, 0.3) is 0 Å². The highest BCUT2D eigenvalue weighted by Crippen LogP contribution is 2.22. The van der Waals surface area contributed by atoms with E-state index in [0.717, 1.165) is 25.2 Å². The summed E-state index contributed by atoms with van der Waals surface area (Å²) in [7, 11) is 0. The highest BCUT2D eigenvalue weighted by molar-refractivity contribution is 7.09. The molecule has 2 aromatic rings. The van der Waals surface area contributed by atoms with Crippen LogP contribution >= 0.6 is 11.3 Å². The second-order valence-electron chi connectivity index (χ2n) is 4.90. The van der Waals surface area contributed by atoms with Crippen molar-refractivity contribution in [3.63, 3.8) is 0 Å². The average Bonchev–Trinajstić information content (AvgIpc) is 2.84. The van der Waals surface area contributed by atoms with Gasteiger partial charge in [0.2, 0.25) is 0 Å². The Hall–Kier alpha value is -1.19. The molecule has 0 aliphatic rings. The van der Waals surface area contributed by atoms with E-state index in [1.165, 1.54) is 17.0 Å². The summed E-state index contributed by atoms with van der Waals surface area (Å²) < 4.78 is 0. The molecule has 0 aliphatic carbocycles. The number of hydrogen-bond acceptors (Lipinski definition) is 3. The molecule has 1 atom stereocenters. The van der Waals surface area contributed by atoms with E-state index in [4.69, 9.17) is 0 Å². The van der Waals surface area contributed by atoms with Crippen molar-refractivity contribution >= 4 is 11.3 Å². The molecule has 0 spiro atoms. The van der Waals surface area contributed by atoms with Crippen molar-refractivity contribution in [1.29, 1.82) is 0 Å². The van der Waals surface area contributed by atoms with Crippen LogP contribution in [-0.2, 0) is 6.42 Å². The Labute approximate surface area is 119 Å². The van der Waals surface area contributed by atoms with Crippen molar-refractivity contribution in [3.8, 4) is 0 Å². The lowest BCUT2D eigenvalue weighted by Crippen LogP contribution is -2.23. The molecule has 0 fully saturated rings. The van der Waals surface area contributed by atoms with Crippen molar-refractivity contribution in [2.24, 2.45) is 0 Å². The fraction of sp³-hybridized carbons (Fsp3) is 0.438. The molecule has 1 heterocycles. The lowest BCUT2D eigenvalue weighted by Gasteiger charge is -2.17. The number of nitrogens with zero attached hydrogens (tertiary/aromatic N) is 1. The van der Waals surface area contributed by atoms with Gasteiger partial charge in [-0.2, -0.15) is 0 Å². The van der Waals surface area contributed by atoms with Crippen molar-refractivity contribution in [1.82, 2.24) is 10.3 Å². The van der Waals surface area contributed by atoms with E-state index >= 15 is 0 Å². The van der Waals surface area contributed by atoms with Crippen LogP contribution in [0.3, 0.4) is 0 Å². The van der Waals surface area contributed by atoms with Crippen LogP contribution in [0.25, 0.3) is 0 Å². The zero-order chi connectivity index (χ0) is 13.5. The molecule has 2 rings (SSSR count). The predicted molar refractivity (Wildman–Crippen MR) is 82.9 cm³/mol. The van der Waals surface area contributed by atoms with E-state index in [-0.39, 0.29) is 0 Å². The summed E-state index contributed by atoms with van der Waals surface area (Å²) in [6.45, 7) is 6.37. The number of aromatic nitrogens is 1. The van der Waals surface area contributed by atoms with Gasteiger partial charge in [-0.05, 0) is 25.5 Å². The Morgan fingerprint density at radius 3 is 2.68 bits per heavy atom. The third kappa shape index (κ3) is 4.44. The molecule has 1 aromatic heterocycles. The van der Waals surface area contributed by atoms with E-state index in [1.807, 2.05) is 0 Å². The van der Waals surface area contributed by atoms with Crippen LogP contribution in [0.5, 0.6) is 0 Å². The van der Waals surface area contributed by atoms with Gasteiger partial charge in [-0.15, -0.1) is 11.3 Å². The van der Waals surface area contributed by atoms with Gasteiger partial charge in [-0.25, -0.2) is 4.98 Å². The zero-order valence-corrected chi connectivity index (χ0v) is 12.5. The standard InChI is InChI=1S/C16H22N2S/c1-3-9-17-11-15(14-7-5-4-6-8-14)10-16-18-13(2)12-19-16/h4-8,12,15,17H,3,9-11H2,1-2H3. The normalized spacial score (nSPS) is 12.5. The lowest BCUT2D eigenvalue weighted by molar-refractivity contribution is 0.575. The third-order valence-electron chi connectivity index (χ3n) is 3.18. The monoisotopic (exact) mass is 274 g/mol. The number of thiazole rings is 1. The number of nitrogens with one attached hydrogen (secondary N) is 1. The molecular weight excluding hydrogens is 252 g/mol. The minimum absolute atomic E-state index is 0.512. The first-order valence-corrected chi connectivity index (χ1v) is 7.84. The van der Waals surface area contributed by atoms with Crippen LogP contribution in [-0.4, -0.2) is 18.1 Å². The van der Waals surface area contributed by atoms with Gasteiger partial charge < -0.3 is 5.32 Å². The Balaban J connectivity index is 2.05. The summed E-state index contributed by atoms with van der Waals surface area (Å²) in [5.74, 6) is 0.512. The number of aryl methyl sites for hydroxylation is 1. The van der Waals surface area contributed by atoms with Crippen LogP contribution in [0, 0.1) is 6.92 Å². The molecule has 1 unspecified atom stereocenters. The van der Waals surface area contributed by atoms with Gasteiger partial charge in [-0.1, -0.05) is 37.3 Å². The van der Waals surface area contributed by atoms with Gasteiger partial charge in [0.05, 0.1) is 5.01 Å². The number of rotatable bonds is 7. The summed E-state index contributed by atoms with van der Waals surface area (Å²) in [5.41, 5.74) is 2.53. The summed E-state index contributed by atoms with van der Waals surface area (Å²) in [5, 5.41) is 6.91.